The van der Waals surface area contributed by atoms with Crippen molar-refractivity contribution in [3.8, 4) is 11.8 Å². The molecule has 5 nitrogen and oxygen atoms in total. The van der Waals surface area contributed by atoms with E-state index in [0.29, 0.717) is 11.3 Å². The fraction of sp³-hybridized carbons (Fsp3) is 0.111. The van der Waals surface area contributed by atoms with Gasteiger partial charge in [0.15, 0.2) is 0 Å². The SMILES string of the molecule is CC(=O)Nc1ccc(C#CCNC(=O)Nc2c(F)cccc2F)cc1. The summed E-state index contributed by atoms with van der Waals surface area (Å²) >= 11 is 0. The quantitative estimate of drug-likeness (QED) is 0.750. The first-order chi connectivity index (χ1) is 12.0. The lowest BCUT2D eigenvalue weighted by atomic mass is 10.2. The van der Waals surface area contributed by atoms with Gasteiger partial charge in [-0.15, -0.1) is 0 Å². The van der Waals surface area contributed by atoms with Gasteiger partial charge in [-0.1, -0.05) is 17.9 Å². The van der Waals surface area contributed by atoms with Crippen LogP contribution in [0, 0.1) is 23.5 Å². The van der Waals surface area contributed by atoms with Crippen LogP contribution in [0.25, 0.3) is 0 Å². The molecule has 0 aliphatic rings. The molecule has 0 saturated heterocycles. The zero-order chi connectivity index (χ0) is 18.2. The van der Waals surface area contributed by atoms with E-state index in [1.165, 1.54) is 13.0 Å². The van der Waals surface area contributed by atoms with Gasteiger partial charge in [0.2, 0.25) is 5.91 Å². The second-order valence-electron chi connectivity index (χ2n) is 4.96. The van der Waals surface area contributed by atoms with Crippen molar-refractivity contribution in [3.63, 3.8) is 0 Å². The van der Waals surface area contributed by atoms with E-state index in [1.807, 2.05) is 0 Å². The Balaban J connectivity index is 1.85. The van der Waals surface area contributed by atoms with Crippen LogP contribution in [-0.4, -0.2) is 18.5 Å². The van der Waals surface area contributed by atoms with Gasteiger partial charge in [0.25, 0.3) is 0 Å². The predicted molar refractivity (Wildman–Crippen MR) is 91.0 cm³/mol. The lowest BCUT2D eigenvalue weighted by Crippen LogP contribution is -2.29. The lowest BCUT2D eigenvalue weighted by molar-refractivity contribution is -0.114. The number of urea groups is 1. The largest absolute Gasteiger partial charge is 0.327 e. The van der Waals surface area contributed by atoms with Crippen LogP contribution >= 0.6 is 0 Å². The molecule has 0 bridgehead atoms. The Hall–Kier alpha value is -3.40. The van der Waals surface area contributed by atoms with Crippen LogP contribution in [0.3, 0.4) is 0 Å². The maximum atomic E-state index is 13.4. The summed E-state index contributed by atoms with van der Waals surface area (Å²) in [5, 5.41) is 7.11. The number of anilines is 2. The number of hydrogen-bond donors (Lipinski definition) is 3. The molecule has 2 aromatic carbocycles. The number of nitrogens with one attached hydrogen (secondary N) is 3. The normalized spacial score (nSPS) is 9.56. The third-order valence-electron chi connectivity index (χ3n) is 2.98. The number of benzene rings is 2. The van der Waals surface area contributed by atoms with Gasteiger partial charge >= 0.3 is 6.03 Å². The molecule has 0 aromatic heterocycles. The Morgan fingerprint density at radius 2 is 1.64 bits per heavy atom. The number of para-hydroxylation sites is 1. The van der Waals surface area contributed by atoms with Crippen LogP contribution in [-0.2, 0) is 4.79 Å². The van der Waals surface area contributed by atoms with Crippen molar-refractivity contribution in [1.82, 2.24) is 5.32 Å². The molecule has 2 aromatic rings. The number of rotatable bonds is 3. The average Bonchev–Trinajstić information content (AvgIpc) is 2.56. The monoisotopic (exact) mass is 343 g/mol. The first kappa shape index (κ1) is 17.9. The first-order valence-corrected chi connectivity index (χ1v) is 7.31. The molecule has 7 heteroatoms. The van der Waals surface area contributed by atoms with Crippen molar-refractivity contribution >= 4 is 23.3 Å². The van der Waals surface area contributed by atoms with Crippen LogP contribution in [0.1, 0.15) is 12.5 Å². The number of hydrogen-bond acceptors (Lipinski definition) is 2. The number of carbonyl (C=O) groups excluding carboxylic acids is 2. The highest BCUT2D eigenvalue weighted by atomic mass is 19.1. The summed E-state index contributed by atoms with van der Waals surface area (Å²) in [5.41, 5.74) is 0.834. The molecular weight excluding hydrogens is 328 g/mol. The van der Waals surface area contributed by atoms with Crippen molar-refractivity contribution in [2.75, 3.05) is 17.2 Å². The molecule has 0 unspecified atom stereocenters. The molecule has 3 N–H and O–H groups in total. The van der Waals surface area contributed by atoms with Crippen molar-refractivity contribution in [2.24, 2.45) is 0 Å². The van der Waals surface area contributed by atoms with Crippen molar-refractivity contribution in [1.29, 1.82) is 0 Å². The summed E-state index contributed by atoms with van der Waals surface area (Å²) in [4.78, 5) is 22.5. The fourth-order valence-electron chi connectivity index (χ4n) is 1.89. The predicted octanol–water partition coefficient (Wildman–Crippen LogP) is 3.10. The highest BCUT2D eigenvalue weighted by molar-refractivity contribution is 5.89. The fourth-order valence-corrected chi connectivity index (χ4v) is 1.89. The van der Waals surface area contributed by atoms with Gasteiger partial charge in [-0.25, -0.2) is 13.6 Å². The summed E-state index contributed by atoms with van der Waals surface area (Å²) in [6.07, 6.45) is 0. The Morgan fingerprint density at radius 1 is 1.00 bits per heavy atom. The topological polar surface area (TPSA) is 70.2 Å². The van der Waals surface area contributed by atoms with Gasteiger partial charge in [-0.3, -0.25) is 4.79 Å². The second-order valence-corrected chi connectivity index (χ2v) is 4.96. The van der Waals surface area contributed by atoms with E-state index in [4.69, 9.17) is 0 Å². The van der Waals surface area contributed by atoms with Gasteiger partial charge in [0.05, 0.1) is 6.54 Å². The van der Waals surface area contributed by atoms with E-state index in [1.54, 1.807) is 24.3 Å². The van der Waals surface area contributed by atoms with Gasteiger partial charge in [-0.05, 0) is 36.4 Å². The first-order valence-electron chi connectivity index (χ1n) is 7.31. The Labute approximate surface area is 143 Å². The van der Waals surface area contributed by atoms with Gasteiger partial charge in [-0.2, -0.15) is 0 Å². The van der Waals surface area contributed by atoms with Gasteiger partial charge in [0.1, 0.15) is 17.3 Å². The van der Waals surface area contributed by atoms with E-state index >= 15 is 0 Å². The zero-order valence-corrected chi connectivity index (χ0v) is 13.3. The molecule has 0 atom stereocenters. The molecule has 25 heavy (non-hydrogen) atoms. The molecule has 0 fully saturated rings. The molecule has 3 amide bonds. The maximum Gasteiger partial charge on any atom is 0.320 e. The second kappa shape index (κ2) is 8.45. The van der Waals surface area contributed by atoms with Crippen molar-refractivity contribution in [3.05, 3.63) is 59.7 Å². The molecule has 0 aliphatic heterocycles. The molecule has 0 aliphatic carbocycles. The van der Waals surface area contributed by atoms with Gasteiger partial charge < -0.3 is 16.0 Å². The highest BCUT2D eigenvalue weighted by Crippen LogP contribution is 2.17. The maximum absolute atomic E-state index is 13.4. The van der Waals surface area contributed by atoms with Gasteiger partial charge in [0, 0.05) is 18.2 Å². The molecule has 0 saturated carbocycles. The summed E-state index contributed by atoms with van der Waals surface area (Å²) in [7, 11) is 0. The summed E-state index contributed by atoms with van der Waals surface area (Å²) in [5.74, 6) is 3.64. The lowest BCUT2D eigenvalue weighted by Gasteiger charge is -2.07. The minimum Gasteiger partial charge on any atom is -0.327 e. The molecule has 128 valence electrons. The molecule has 0 heterocycles. The molecule has 2 rings (SSSR count). The van der Waals surface area contributed by atoms with Crippen LogP contribution in [0.5, 0.6) is 0 Å². The van der Waals surface area contributed by atoms with Crippen molar-refractivity contribution < 1.29 is 18.4 Å². The minimum atomic E-state index is -0.861. The van der Waals surface area contributed by atoms with E-state index in [0.717, 1.165) is 12.1 Å². The Morgan fingerprint density at radius 3 is 2.24 bits per heavy atom. The molecule has 0 spiro atoms. The summed E-state index contributed by atoms with van der Waals surface area (Å²) < 4.78 is 26.8. The number of halogens is 2. The molecular formula is C18H15F2N3O2. The average molecular weight is 343 g/mol. The van der Waals surface area contributed by atoms with E-state index in [9.17, 15) is 18.4 Å². The number of carbonyl (C=O) groups is 2. The third kappa shape index (κ3) is 5.62. The zero-order valence-electron chi connectivity index (χ0n) is 13.3. The Kier molecular flexibility index (Phi) is 6.07. The summed E-state index contributed by atoms with van der Waals surface area (Å²) in [6, 6.07) is 9.36. The van der Waals surface area contributed by atoms with E-state index < -0.39 is 23.4 Å². The molecule has 0 radical (unpaired) electrons. The van der Waals surface area contributed by atoms with E-state index in [2.05, 4.69) is 27.8 Å². The van der Waals surface area contributed by atoms with Crippen LogP contribution in [0.2, 0.25) is 0 Å². The van der Waals surface area contributed by atoms with E-state index in [-0.39, 0.29) is 12.5 Å². The summed E-state index contributed by atoms with van der Waals surface area (Å²) in [6.45, 7) is 1.41. The van der Waals surface area contributed by atoms with Crippen LogP contribution in [0.4, 0.5) is 25.0 Å². The smallest absolute Gasteiger partial charge is 0.320 e. The standard InChI is InChI=1S/C18H15F2N3O2/c1-12(24)22-14-9-7-13(8-10-14)4-3-11-21-18(25)23-17-15(19)5-2-6-16(17)20/h2,5-10H,11H2,1H3,(H,22,24)(H2,21,23,25). The van der Waals surface area contributed by atoms with Crippen LogP contribution in [0.15, 0.2) is 42.5 Å². The van der Waals surface area contributed by atoms with Crippen LogP contribution < -0.4 is 16.0 Å². The third-order valence-corrected chi connectivity index (χ3v) is 2.98. The van der Waals surface area contributed by atoms with Crippen molar-refractivity contribution in [2.45, 2.75) is 6.92 Å². The highest BCUT2D eigenvalue weighted by Gasteiger charge is 2.10. The minimum absolute atomic E-state index is 0.00461. The Bertz CT molecular complexity index is 819. The number of amides is 3.